The number of benzene rings is 1. The van der Waals surface area contributed by atoms with Crippen LogP contribution >= 0.6 is 0 Å². The first-order chi connectivity index (χ1) is 9.69. The summed E-state index contributed by atoms with van der Waals surface area (Å²) in [4.78, 5) is 8.80. The van der Waals surface area contributed by atoms with Gasteiger partial charge in [0.25, 0.3) is 0 Å². The number of rotatable bonds is 4. The summed E-state index contributed by atoms with van der Waals surface area (Å²) >= 11 is 0. The van der Waals surface area contributed by atoms with Crippen LogP contribution in [0.1, 0.15) is 25.7 Å². The first kappa shape index (κ1) is 12.7. The van der Waals surface area contributed by atoms with Crippen LogP contribution in [0.5, 0.6) is 0 Å². The van der Waals surface area contributed by atoms with E-state index in [2.05, 4.69) is 34.0 Å². The molecule has 0 saturated carbocycles. The standard InChI is InChI=1S/C15H19N5/c1-3-15-18-13-8-12(16)4-5-14(13)20(15)11(2)9-19-7-6-17-10-19/h4-8,10-11H,3,9,16H2,1-2H3. The van der Waals surface area contributed by atoms with Crippen LogP contribution in [0.25, 0.3) is 11.0 Å². The van der Waals surface area contributed by atoms with Gasteiger partial charge in [0.15, 0.2) is 0 Å². The molecular formula is C15H19N5. The Morgan fingerprint density at radius 3 is 2.90 bits per heavy atom. The SMILES string of the molecule is CCc1nc2cc(N)ccc2n1C(C)Cn1ccnc1. The third-order valence-electron chi connectivity index (χ3n) is 3.58. The number of nitrogen functional groups attached to an aromatic ring is 1. The molecule has 0 aliphatic rings. The molecule has 1 atom stereocenters. The molecule has 3 rings (SSSR count). The molecule has 0 fully saturated rings. The number of nitrogens with two attached hydrogens (primary N) is 1. The van der Waals surface area contributed by atoms with Gasteiger partial charge in [-0.15, -0.1) is 0 Å². The maximum absolute atomic E-state index is 5.85. The number of anilines is 1. The quantitative estimate of drug-likeness (QED) is 0.741. The number of aryl methyl sites for hydroxylation is 1. The molecule has 0 amide bonds. The van der Waals surface area contributed by atoms with Crippen LogP contribution < -0.4 is 5.73 Å². The Hall–Kier alpha value is -2.30. The minimum absolute atomic E-state index is 0.313. The number of hydrogen-bond acceptors (Lipinski definition) is 3. The Labute approximate surface area is 118 Å². The molecule has 104 valence electrons. The minimum atomic E-state index is 0.313. The lowest BCUT2D eigenvalue weighted by Gasteiger charge is -2.17. The lowest BCUT2D eigenvalue weighted by Crippen LogP contribution is -2.14. The molecule has 1 aromatic carbocycles. The zero-order chi connectivity index (χ0) is 14.1. The van der Waals surface area contributed by atoms with Crippen molar-refractivity contribution in [3.05, 3.63) is 42.7 Å². The number of hydrogen-bond donors (Lipinski definition) is 1. The van der Waals surface area contributed by atoms with E-state index < -0.39 is 0 Å². The number of fused-ring (bicyclic) bond motifs is 1. The van der Waals surface area contributed by atoms with E-state index in [0.29, 0.717) is 6.04 Å². The highest BCUT2D eigenvalue weighted by molar-refractivity contribution is 5.79. The fourth-order valence-corrected chi connectivity index (χ4v) is 2.69. The van der Waals surface area contributed by atoms with Crippen molar-refractivity contribution in [1.29, 1.82) is 0 Å². The van der Waals surface area contributed by atoms with Crippen LogP contribution in [0, 0.1) is 0 Å². The van der Waals surface area contributed by atoms with Crippen molar-refractivity contribution in [2.24, 2.45) is 0 Å². The average Bonchev–Trinajstić information content (AvgIpc) is 3.04. The summed E-state index contributed by atoms with van der Waals surface area (Å²) in [6.45, 7) is 5.21. The Balaban J connectivity index is 2.04. The lowest BCUT2D eigenvalue weighted by molar-refractivity contribution is 0.461. The van der Waals surface area contributed by atoms with Crippen LogP contribution in [-0.2, 0) is 13.0 Å². The maximum Gasteiger partial charge on any atom is 0.109 e. The summed E-state index contributed by atoms with van der Waals surface area (Å²) in [5.74, 6) is 1.10. The molecule has 0 bridgehead atoms. The molecule has 2 heterocycles. The third kappa shape index (κ3) is 2.15. The lowest BCUT2D eigenvalue weighted by atomic mass is 10.2. The van der Waals surface area contributed by atoms with Crippen molar-refractivity contribution in [2.75, 3.05) is 5.73 Å². The molecule has 20 heavy (non-hydrogen) atoms. The molecule has 1 unspecified atom stereocenters. The fourth-order valence-electron chi connectivity index (χ4n) is 2.69. The van der Waals surface area contributed by atoms with Gasteiger partial charge in [0.1, 0.15) is 5.82 Å². The van der Waals surface area contributed by atoms with Crippen LogP contribution in [0.15, 0.2) is 36.9 Å². The van der Waals surface area contributed by atoms with Gasteiger partial charge >= 0.3 is 0 Å². The summed E-state index contributed by atoms with van der Waals surface area (Å²) < 4.78 is 4.39. The van der Waals surface area contributed by atoms with Gasteiger partial charge in [-0.25, -0.2) is 9.97 Å². The highest BCUT2D eigenvalue weighted by Gasteiger charge is 2.15. The first-order valence-corrected chi connectivity index (χ1v) is 6.91. The smallest absolute Gasteiger partial charge is 0.109 e. The normalized spacial score (nSPS) is 12.9. The predicted molar refractivity (Wildman–Crippen MR) is 80.5 cm³/mol. The van der Waals surface area contributed by atoms with E-state index in [1.54, 1.807) is 6.20 Å². The second-order valence-corrected chi connectivity index (χ2v) is 5.11. The Morgan fingerprint density at radius 2 is 2.20 bits per heavy atom. The topological polar surface area (TPSA) is 61.7 Å². The number of aromatic nitrogens is 4. The minimum Gasteiger partial charge on any atom is -0.399 e. The van der Waals surface area contributed by atoms with Gasteiger partial charge in [-0.3, -0.25) is 0 Å². The van der Waals surface area contributed by atoms with Gasteiger partial charge in [-0.1, -0.05) is 6.92 Å². The average molecular weight is 269 g/mol. The molecule has 0 aliphatic carbocycles. The largest absolute Gasteiger partial charge is 0.399 e. The van der Waals surface area contributed by atoms with E-state index in [4.69, 9.17) is 10.7 Å². The van der Waals surface area contributed by atoms with E-state index in [0.717, 1.165) is 35.5 Å². The highest BCUT2D eigenvalue weighted by Crippen LogP contribution is 2.24. The molecule has 5 nitrogen and oxygen atoms in total. The van der Waals surface area contributed by atoms with Crippen LogP contribution in [0.3, 0.4) is 0 Å². The summed E-state index contributed by atoms with van der Waals surface area (Å²) in [7, 11) is 0. The van der Waals surface area contributed by atoms with Gasteiger partial charge in [-0.05, 0) is 25.1 Å². The summed E-state index contributed by atoms with van der Waals surface area (Å²) in [6, 6.07) is 6.24. The van der Waals surface area contributed by atoms with Gasteiger partial charge in [0, 0.05) is 31.0 Å². The molecule has 2 N–H and O–H groups in total. The zero-order valence-electron chi connectivity index (χ0n) is 11.8. The second-order valence-electron chi connectivity index (χ2n) is 5.11. The van der Waals surface area contributed by atoms with Crippen molar-refractivity contribution in [3.8, 4) is 0 Å². The zero-order valence-corrected chi connectivity index (χ0v) is 11.8. The number of nitrogens with zero attached hydrogens (tertiary/aromatic N) is 4. The van der Waals surface area contributed by atoms with Crippen molar-refractivity contribution in [3.63, 3.8) is 0 Å². The van der Waals surface area contributed by atoms with E-state index in [-0.39, 0.29) is 0 Å². The van der Waals surface area contributed by atoms with Crippen molar-refractivity contribution < 1.29 is 0 Å². The third-order valence-corrected chi connectivity index (χ3v) is 3.58. The van der Waals surface area contributed by atoms with E-state index in [1.165, 1.54) is 0 Å². The summed E-state index contributed by atoms with van der Waals surface area (Å²) in [6.07, 6.45) is 6.54. The Bertz CT molecular complexity index is 711. The summed E-state index contributed by atoms with van der Waals surface area (Å²) in [5.41, 5.74) is 8.72. The first-order valence-electron chi connectivity index (χ1n) is 6.91. The van der Waals surface area contributed by atoms with E-state index in [9.17, 15) is 0 Å². The fraction of sp³-hybridized carbons (Fsp3) is 0.333. The monoisotopic (exact) mass is 269 g/mol. The Kier molecular flexibility index (Phi) is 3.18. The van der Waals surface area contributed by atoms with Crippen LogP contribution in [0.2, 0.25) is 0 Å². The molecule has 5 heteroatoms. The molecule has 0 radical (unpaired) electrons. The van der Waals surface area contributed by atoms with Crippen LogP contribution in [0.4, 0.5) is 5.69 Å². The highest BCUT2D eigenvalue weighted by atomic mass is 15.1. The van der Waals surface area contributed by atoms with Gasteiger partial charge < -0.3 is 14.9 Å². The molecule has 2 aromatic heterocycles. The Morgan fingerprint density at radius 1 is 1.35 bits per heavy atom. The molecular weight excluding hydrogens is 250 g/mol. The van der Waals surface area contributed by atoms with Crippen molar-refractivity contribution in [2.45, 2.75) is 32.9 Å². The van der Waals surface area contributed by atoms with E-state index in [1.807, 2.05) is 24.7 Å². The molecule has 3 aromatic rings. The van der Waals surface area contributed by atoms with Gasteiger partial charge in [0.05, 0.1) is 23.4 Å². The summed E-state index contributed by atoms with van der Waals surface area (Å²) in [5, 5.41) is 0. The second kappa shape index (κ2) is 5.00. The maximum atomic E-state index is 5.85. The van der Waals surface area contributed by atoms with Gasteiger partial charge in [-0.2, -0.15) is 0 Å². The van der Waals surface area contributed by atoms with Crippen LogP contribution in [-0.4, -0.2) is 19.1 Å². The molecule has 0 spiro atoms. The van der Waals surface area contributed by atoms with E-state index >= 15 is 0 Å². The predicted octanol–water partition coefficient (Wildman–Crippen LogP) is 2.64. The molecule has 0 saturated heterocycles. The number of imidazole rings is 2. The molecule has 0 aliphatic heterocycles. The van der Waals surface area contributed by atoms with Crippen molar-refractivity contribution >= 4 is 16.7 Å². The van der Waals surface area contributed by atoms with Gasteiger partial charge in [0.2, 0.25) is 0 Å². The van der Waals surface area contributed by atoms with Crippen molar-refractivity contribution in [1.82, 2.24) is 19.1 Å².